The van der Waals surface area contributed by atoms with Gasteiger partial charge in [0.25, 0.3) is 0 Å². The topological polar surface area (TPSA) is 70.5 Å². The Morgan fingerprint density at radius 1 is 1.36 bits per heavy atom. The van der Waals surface area contributed by atoms with Gasteiger partial charge >= 0.3 is 6.18 Å². The molecule has 1 aliphatic carbocycles. The number of pyridine rings is 1. The fourth-order valence-corrected chi connectivity index (χ4v) is 4.89. The summed E-state index contributed by atoms with van der Waals surface area (Å²) in [4.78, 5) is 2.35. The van der Waals surface area contributed by atoms with Crippen LogP contribution in [0.25, 0.3) is 0 Å². The van der Waals surface area contributed by atoms with Crippen LogP contribution in [0.3, 0.4) is 0 Å². The molecule has 5 nitrogen and oxygen atoms in total. The van der Waals surface area contributed by atoms with E-state index in [9.17, 15) is 26.7 Å². The summed E-state index contributed by atoms with van der Waals surface area (Å²) in [5.41, 5.74) is -2.51. The van der Waals surface area contributed by atoms with Crippen molar-refractivity contribution in [2.24, 2.45) is 0 Å². The Kier molecular flexibility index (Phi) is 3.50. The molecule has 1 aliphatic heterocycles. The predicted octanol–water partition coefficient (Wildman–Crippen LogP) is 1.78. The molecule has 1 unspecified atom stereocenters. The first kappa shape index (κ1) is 15.7. The van der Waals surface area contributed by atoms with Gasteiger partial charge in [0.1, 0.15) is 4.90 Å². The van der Waals surface area contributed by atoms with Crippen LogP contribution in [0, 0.1) is 0 Å². The summed E-state index contributed by atoms with van der Waals surface area (Å²) in [6.07, 6.45) is -2.01. The van der Waals surface area contributed by atoms with Gasteiger partial charge in [0.05, 0.1) is 11.6 Å². The number of nitrogens with zero attached hydrogens (tertiary/aromatic N) is 2. The lowest BCUT2D eigenvalue weighted by molar-refractivity contribution is -0.143. The number of halogens is 3. The molecule has 1 atom stereocenters. The van der Waals surface area contributed by atoms with E-state index in [1.165, 1.54) is 6.07 Å². The van der Waals surface area contributed by atoms with Crippen molar-refractivity contribution in [1.82, 2.24) is 9.29 Å². The van der Waals surface area contributed by atoms with Crippen LogP contribution >= 0.6 is 0 Å². The highest BCUT2D eigenvalue weighted by molar-refractivity contribution is 7.89. The number of rotatable bonds is 3. The van der Waals surface area contributed by atoms with E-state index in [1.807, 2.05) is 0 Å². The van der Waals surface area contributed by atoms with Crippen LogP contribution in [-0.2, 0) is 16.2 Å². The van der Waals surface area contributed by atoms with Crippen molar-refractivity contribution in [2.45, 2.75) is 48.4 Å². The molecule has 0 radical (unpaired) electrons. The van der Waals surface area contributed by atoms with Crippen molar-refractivity contribution in [3.8, 4) is 0 Å². The minimum atomic E-state index is -4.85. The lowest BCUT2D eigenvalue weighted by Crippen LogP contribution is -2.44. The van der Waals surface area contributed by atoms with Gasteiger partial charge in [-0.15, -0.1) is 0 Å². The second-order valence-electron chi connectivity index (χ2n) is 5.73. The summed E-state index contributed by atoms with van der Waals surface area (Å²) in [5, 5.41) is 10.2. The second kappa shape index (κ2) is 4.90. The zero-order valence-corrected chi connectivity index (χ0v) is 12.4. The molecule has 2 aliphatic rings. The molecule has 3 rings (SSSR count). The summed E-state index contributed by atoms with van der Waals surface area (Å²) in [6.45, 7) is 0.113. The highest BCUT2D eigenvalue weighted by Crippen LogP contribution is 2.46. The first-order valence-corrected chi connectivity index (χ1v) is 8.37. The van der Waals surface area contributed by atoms with E-state index in [0.29, 0.717) is 25.7 Å². The molecule has 0 spiro atoms. The Morgan fingerprint density at radius 2 is 2.05 bits per heavy atom. The van der Waals surface area contributed by atoms with Gasteiger partial charge < -0.3 is 5.11 Å². The first-order valence-electron chi connectivity index (χ1n) is 6.93. The van der Waals surface area contributed by atoms with Crippen LogP contribution in [0.1, 0.15) is 31.4 Å². The summed E-state index contributed by atoms with van der Waals surface area (Å²) in [7, 11) is -4.35. The zero-order valence-electron chi connectivity index (χ0n) is 11.5. The minimum absolute atomic E-state index is 0.113. The van der Waals surface area contributed by atoms with E-state index in [4.69, 9.17) is 0 Å². The van der Waals surface area contributed by atoms with Crippen molar-refractivity contribution >= 4 is 10.0 Å². The molecular weight excluding hydrogens is 321 g/mol. The smallest absolute Gasteiger partial charge is 0.388 e. The van der Waals surface area contributed by atoms with Gasteiger partial charge in [0, 0.05) is 12.7 Å². The van der Waals surface area contributed by atoms with Gasteiger partial charge in [-0.2, -0.15) is 17.5 Å². The third-order valence-electron chi connectivity index (χ3n) is 4.21. The summed E-state index contributed by atoms with van der Waals surface area (Å²) in [5.74, 6) is 0. The summed E-state index contributed by atoms with van der Waals surface area (Å²) >= 11 is 0. The lowest BCUT2D eigenvalue weighted by atomic mass is 10.1. The predicted molar refractivity (Wildman–Crippen MR) is 70.3 cm³/mol. The number of alkyl halides is 3. The maximum Gasteiger partial charge on any atom is 0.434 e. The SMILES string of the molecule is O=S(=O)(c1cccnc1C(F)(F)F)N1CCCC1C1(O)CC1. The van der Waals surface area contributed by atoms with E-state index in [1.54, 1.807) is 0 Å². The minimum Gasteiger partial charge on any atom is -0.388 e. The molecule has 1 aromatic heterocycles. The third-order valence-corrected chi connectivity index (χ3v) is 6.15. The Morgan fingerprint density at radius 3 is 2.64 bits per heavy atom. The monoisotopic (exact) mass is 336 g/mol. The number of hydrogen-bond donors (Lipinski definition) is 1. The molecule has 1 N–H and O–H groups in total. The van der Waals surface area contributed by atoms with E-state index in [0.717, 1.165) is 16.6 Å². The van der Waals surface area contributed by atoms with E-state index in [2.05, 4.69) is 4.98 Å². The van der Waals surface area contributed by atoms with Crippen molar-refractivity contribution in [3.05, 3.63) is 24.0 Å². The quantitative estimate of drug-likeness (QED) is 0.913. The van der Waals surface area contributed by atoms with E-state index < -0.39 is 38.4 Å². The Labute approximate surface area is 125 Å². The lowest BCUT2D eigenvalue weighted by Gasteiger charge is -2.28. The average molecular weight is 336 g/mol. The summed E-state index contributed by atoms with van der Waals surface area (Å²) in [6, 6.07) is 1.43. The van der Waals surface area contributed by atoms with Gasteiger partial charge in [-0.05, 0) is 37.8 Å². The fourth-order valence-electron chi connectivity index (χ4n) is 2.96. The first-order chi connectivity index (χ1) is 10.2. The summed E-state index contributed by atoms with van der Waals surface area (Å²) < 4.78 is 65.4. The molecular formula is C13H15F3N2O3S. The van der Waals surface area contributed by atoms with Crippen molar-refractivity contribution < 1.29 is 26.7 Å². The van der Waals surface area contributed by atoms with E-state index in [-0.39, 0.29) is 6.54 Å². The Balaban J connectivity index is 2.04. The number of sulfonamides is 1. The maximum absolute atomic E-state index is 13.0. The van der Waals surface area contributed by atoms with Crippen molar-refractivity contribution in [2.75, 3.05) is 6.54 Å². The van der Waals surface area contributed by atoms with Crippen molar-refractivity contribution in [3.63, 3.8) is 0 Å². The Bertz CT molecular complexity index is 686. The van der Waals surface area contributed by atoms with Gasteiger partial charge in [0.2, 0.25) is 10.0 Å². The molecule has 2 fully saturated rings. The zero-order chi connectivity index (χ0) is 16.2. The van der Waals surface area contributed by atoms with Crippen LogP contribution in [0.4, 0.5) is 13.2 Å². The van der Waals surface area contributed by atoms with Crippen molar-refractivity contribution in [1.29, 1.82) is 0 Å². The van der Waals surface area contributed by atoms with Gasteiger partial charge in [-0.25, -0.2) is 8.42 Å². The number of hydrogen-bond acceptors (Lipinski definition) is 4. The molecule has 1 saturated carbocycles. The molecule has 22 heavy (non-hydrogen) atoms. The molecule has 0 amide bonds. The molecule has 1 saturated heterocycles. The van der Waals surface area contributed by atoms with Crippen LogP contribution in [0.2, 0.25) is 0 Å². The van der Waals surface area contributed by atoms with Crippen LogP contribution in [0.15, 0.2) is 23.2 Å². The normalized spacial score (nSPS) is 25.4. The van der Waals surface area contributed by atoms with Gasteiger partial charge in [0.15, 0.2) is 5.69 Å². The largest absolute Gasteiger partial charge is 0.434 e. The molecule has 1 aromatic rings. The number of aliphatic hydroxyl groups is 1. The van der Waals surface area contributed by atoms with Crippen LogP contribution < -0.4 is 0 Å². The average Bonchev–Trinajstić information content (AvgIpc) is 3.00. The molecule has 0 bridgehead atoms. The van der Waals surface area contributed by atoms with E-state index >= 15 is 0 Å². The number of aromatic nitrogens is 1. The van der Waals surface area contributed by atoms with Gasteiger partial charge in [-0.3, -0.25) is 4.98 Å². The molecule has 9 heteroatoms. The highest BCUT2D eigenvalue weighted by atomic mass is 32.2. The molecule has 2 heterocycles. The van der Waals surface area contributed by atoms with Gasteiger partial charge in [-0.1, -0.05) is 0 Å². The third kappa shape index (κ3) is 2.50. The van der Waals surface area contributed by atoms with Crippen LogP contribution in [0.5, 0.6) is 0 Å². The second-order valence-corrected chi connectivity index (χ2v) is 7.58. The highest BCUT2D eigenvalue weighted by Gasteiger charge is 2.55. The fraction of sp³-hybridized carbons (Fsp3) is 0.615. The maximum atomic E-state index is 13.0. The molecule has 122 valence electrons. The standard InChI is InChI=1S/C13H15F3N2O3S/c14-13(15,16)11-9(3-1-7-17-11)22(20,21)18-8-2-4-10(18)12(19)5-6-12/h1,3,7,10,19H,2,4-6,8H2. The van der Waals surface area contributed by atoms with Crippen LogP contribution in [-0.4, -0.2) is 41.0 Å². The molecule has 0 aromatic carbocycles. The Hall–Kier alpha value is -1.19.